The van der Waals surface area contributed by atoms with E-state index in [4.69, 9.17) is 9.72 Å². The van der Waals surface area contributed by atoms with Crippen LogP contribution >= 0.6 is 0 Å². The molecule has 0 atom stereocenters. The van der Waals surface area contributed by atoms with Crippen molar-refractivity contribution in [1.82, 2.24) is 9.55 Å². The number of hydrogen-bond acceptors (Lipinski definition) is 3. The van der Waals surface area contributed by atoms with Crippen LogP contribution in [0.1, 0.15) is 11.1 Å². The van der Waals surface area contributed by atoms with Gasteiger partial charge in [-0.15, -0.1) is 0 Å². The van der Waals surface area contributed by atoms with E-state index in [2.05, 4.69) is 22.8 Å². The lowest BCUT2D eigenvalue weighted by Crippen LogP contribution is -2.04. The zero-order valence-electron chi connectivity index (χ0n) is 18.0. The third-order valence-corrected chi connectivity index (χ3v) is 5.38. The molecule has 160 valence electrons. The summed E-state index contributed by atoms with van der Waals surface area (Å²) in [5.74, 6) is 0.956. The van der Waals surface area contributed by atoms with Crippen LogP contribution in [0.5, 0.6) is 5.75 Å². The highest BCUT2D eigenvalue weighted by atomic mass is 16.5. The van der Waals surface area contributed by atoms with E-state index in [1.54, 1.807) is 18.2 Å². The van der Waals surface area contributed by atoms with Gasteiger partial charge in [0.25, 0.3) is 0 Å². The number of hydrogen-bond donors (Lipinski definition) is 0. The second-order valence-electron chi connectivity index (χ2n) is 7.69. The molecule has 0 aliphatic rings. The maximum absolute atomic E-state index is 12.2. The molecular weight excluding hydrogens is 408 g/mol. The number of fused-ring (bicyclic) bond motifs is 1. The zero-order valence-corrected chi connectivity index (χ0v) is 18.0. The fourth-order valence-electron chi connectivity index (χ4n) is 3.77. The molecule has 1 aromatic heterocycles. The highest BCUT2D eigenvalue weighted by Crippen LogP contribution is 2.27. The minimum absolute atomic E-state index is 0.414. The molecule has 0 saturated carbocycles. The van der Waals surface area contributed by atoms with Gasteiger partial charge >= 0.3 is 5.97 Å². The molecule has 4 heteroatoms. The van der Waals surface area contributed by atoms with Crippen LogP contribution in [0.25, 0.3) is 28.5 Å². The molecule has 0 aliphatic carbocycles. The number of benzene rings is 4. The highest BCUT2D eigenvalue weighted by molar-refractivity contribution is 5.88. The van der Waals surface area contributed by atoms with Gasteiger partial charge in [0.1, 0.15) is 11.6 Å². The van der Waals surface area contributed by atoms with E-state index in [-0.39, 0.29) is 0 Å². The quantitative estimate of drug-likeness (QED) is 0.179. The first-order valence-corrected chi connectivity index (χ1v) is 10.8. The van der Waals surface area contributed by atoms with Crippen molar-refractivity contribution in [2.45, 2.75) is 6.54 Å². The fourth-order valence-corrected chi connectivity index (χ4v) is 3.77. The molecule has 1 heterocycles. The molecule has 0 unspecified atom stereocenters. The van der Waals surface area contributed by atoms with Crippen LogP contribution in [-0.2, 0) is 11.3 Å². The number of aromatic nitrogens is 2. The Morgan fingerprint density at radius 1 is 0.788 bits per heavy atom. The summed E-state index contributed by atoms with van der Waals surface area (Å²) in [6, 6.07) is 35.6. The Morgan fingerprint density at radius 3 is 2.21 bits per heavy atom. The van der Waals surface area contributed by atoms with Crippen molar-refractivity contribution >= 4 is 23.1 Å². The molecule has 0 radical (unpaired) electrons. The Morgan fingerprint density at radius 2 is 1.45 bits per heavy atom. The first-order chi connectivity index (χ1) is 16.3. The van der Waals surface area contributed by atoms with Crippen molar-refractivity contribution in [1.29, 1.82) is 0 Å². The number of rotatable bonds is 6. The van der Waals surface area contributed by atoms with Crippen LogP contribution in [0.3, 0.4) is 0 Å². The third-order valence-electron chi connectivity index (χ3n) is 5.38. The van der Waals surface area contributed by atoms with E-state index in [1.165, 1.54) is 11.6 Å². The standard InChI is InChI=1S/C29H22N2O2/c32-28(20-15-22-9-3-1-4-10-22)33-25-18-16-24(17-19-25)29-30-26-13-7-8-14-27(26)31(29)21-23-11-5-2-6-12-23/h1-20H,21H2/b20-15+. The van der Waals surface area contributed by atoms with Gasteiger partial charge in [-0.2, -0.15) is 0 Å². The predicted molar refractivity (Wildman–Crippen MR) is 132 cm³/mol. The molecule has 5 aromatic rings. The Labute approximate surface area is 192 Å². The normalized spacial score (nSPS) is 11.2. The summed E-state index contributed by atoms with van der Waals surface area (Å²) in [6.45, 7) is 0.720. The number of para-hydroxylation sites is 2. The zero-order chi connectivity index (χ0) is 22.5. The maximum atomic E-state index is 12.2. The molecule has 0 amide bonds. The van der Waals surface area contributed by atoms with Crippen LogP contribution in [0, 0.1) is 0 Å². The summed E-state index contributed by atoms with van der Waals surface area (Å²) in [6.07, 6.45) is 3.17. The smallest absolute Gasteiger partial charge is 0.336 e. The van der Waals surface area contributed by atoms with E-state index >= 15 is 0 Å². The van der Waals surface area contributed by atoms with Crippen molar-refractivity contribution in [3.05, 3.63) is 126 Å². The third kappa shape index (κ3) is 4.75. The average molecular weight is 431 g/mol. The molecule has 0 saturated heterocycles. The molecule has 4 aromatic carbocycles. The van der Waals surface area contributed by atoms with E-state index in [1.807, 2.05) is 78.9 Å². The van der Waals surface area contributed by atoms with Gasteiger partial charge in [-0.1, -0.05) is 72.8 Å². The van der Waals surface area contributed by atoms with Gasteiger partial charge in [-0.25, -0.2) is 9.78 Å². The van der Waals surface area contributed by atoms with Crippen molar-refractivity contribution in [2.24, 2.45) is 0 Å². The second kappa shape index (κ2) is 9.37. The number of carbonyl (C=O) groups excluding carboxylic acids is 1. The monoisotopic (exact) mass is 430 g/mol. The Hall–Kier alpha value is -4.44. The summed E-state index contributed by atoms with van der Waals surface area (Å²) in [4.78, 5) is 17.1. The van der Waals surface area contributed by atoms with Crippen molar-refractivity contribution in [3.8, 4) is 17.1 Å². The molecular formula is C29H22N2O2. The highest BCUT2D eigenvalue weighted by Gasteiger charge is 2.13. The first kappa shape index (κ1) is 20.5. The predicted octanol–water partition coefficient (Wildman–Crippen LogP) is 6.37. The van der Waals surface area contributed by atoms with Crippen LogP contribution in [0.2, 0.25) is 0 Å². The minimum atomic E-state index is -0.414. The SMILES string of the molecule is O=C(/C=C/c1ccccc1)Oc1ccc(-c2nc3ccccc3n2Cc2ccccc2)cc1. The summed E-state index contributed by atoms with van der Waals surface area (Å²) >= 11 is 0. The van der Waals surface area contributed by atoms with Gasteiger partial charge in [0.05, 0.1) is 11.0 Å². The van der Waals surface area contributed by atoms with Crippen LogP contribution in [0.4, 0.5) is 0 Å². The molecule has 4 nitrogen and oxygen atoms in total. The van der Waals surface area contributed by atoms with E-state index in [0.717, 1.165) is 34.5 Å². The summed E-state index contributed by atoms with van der Waals surface area (Å²) in [7, 11) is 0. The molecule has 0 fully saturated rings. The summed E-state index contributed by atoms with van der Waals surface area (Å²) in [5.41, 5.74) is 5.14. The molecule has 0 spiro atoms. The lowest BCUT2D eigenvalue weighted by Gasteiger charge is -2.10. The lowest BCUT2D eigenvalue weighted by atomic mass is 10.2. The van der Waals surface area contributed by atoms with Crippen molar-refractivity contribution < 1.29 is 9.53 Å². The largest absolute Gasteiger partial charge is 0.423 e. The summed E-state index contributed by atoms with van der Waals surface area (Å²) in [5, 5.41) is 0. The maximum Gasteiger partial charge on any atom is 0.336 e. The first-order valence-electron chi connectivity index (χ1n) is 10.8. The summed E-state index contributed by atoms with van der Waals surface area (Å²) < 4.78 is 7.68. The fraction of sp³-hybridized carbons (Fsp3) is 0.0345. The van der Waals surface area contributed by atoms with Crippen LogP contribution < -0.4 is 4.74 Å². The van der Waals surface area contributed by atoms with Crippen molar-refractivity contribution in [3.63, 3.8) is 0 Å². The van der Waals surface area contributed by atoms with Crippen molar-refractivity contribution in [2.75, 3.05) is 0 Å². The Balaban J connectivity index is 1.39. The number of nitrogens with zero attached hydrogens (tertiary/aromatic N) is 2. The van der Waals surface area contributed by atoms with Crippen LogP contribution in [0.15, 0.2) is 115 Å². The number of imidazole rings is 1. The van der Waals surface area contributed by atoms with Gasteiger partial charge in [0.2, 0.25) is 0 Å². The molecule has 33 heavy (non-hydrogen) atoms. The van der Waals surface area contributed by atoms with E-state index in [9.17, 15) is 4.79 Å². The number of esters is 1. The topological polar surface area (TPSA) is 44.1 Å². The van der Waals surface area contributed by atoms with Gasteiger partial charge < -0.3 is 9.30 Å². The number of ether oxygens (including phenoxy) is 1. The van der Waals surface area contributed by atoms with Gasteiger partial charge in [-0.05, 0) is 53.6 Å². The minimum Gasteiger partial charge on any atom is -0.423 e. The Bertz CT molecular complexity index is 1400. The van der Waals surface area contributed by atoms with E-state index < -0.39 is 5.97 Å². The van der Waals surface area contributed by atoms with E-state index in [0.29, 0.717) is 5.75 Å². The molecule has 0 aliphatic heterocycles. The van der Waals surface area contributed by atoms with Gasteiger partial charge in [0, 0.05) is 18.2 Å². The molecule has 0 N–H and O–H groups in total. The van der Waals surface area contributed by atoms with Gasteiger partial charge in [-0.3, -0.25) is 0 Å². The molecule has 5 rings (SSSR count). The number of carbonyl (C=O) groups is 1. The second-order valence-corrected chi connectivity index (χ2v) is 7.69. The molecule has 0 bridgehead atoms. The Kier molecular flexibility index (Phi) is 5.81. The van der Waals surface area contributed by atoms with Crippen LogP contribution in [-0.4, -0.2) is 15.5 Å². The lowest BCUT2D eigenvalue weighted by molar-refractivity contribution is -0.128. The average Bonchev–Trinajstić information content (AvgIpc) is 3.23. The van der Waals surface area contributed by atoms with Gasteiger partial charge in [0.15, 0.2) is 0 Å².